The Labute approximate surface area is 136 Å². The number of amides is 2. The number of urea groups is 1. The topological polar surface area (TPSA) is 131 Å². The van der Waals surface area contributed by atoms with Gasteiger partial charge in [-0.2, -0.15) is 0 Å². The first-order valence-corrected chi connectivity index (χ1v) is 6.88. The second kappa shape index (κ2) is 6.82. The molecule has 0 spiro atoms. The number of nitrogens with one attached hydrogen (secondary N) is 2. The summed E-state index contributed by atoms with van der Waals surface area (Å²) in [6.07, 6.45) is 1.39. The van der Waals surface area contributed by atoms with Crippen LogP contribution in [0.4, 0.5) is 10.5 Å². The van der Waals surface area contributed by atoms with Gasteiger partial charge in [0.25, 0.3) is 0 Å². The highest BCUT2D eigenvalue weighted by Crippen LogP contribution is 2.33. The van der Waals surface area contributed by atoms with Crippen LogP contribution in [0.15, 0.2) is 42.1 Å². The number of esters is 1. The van der Waals surface area contributed by atoms with E-state index in [0.29, 0.717) is 0 Å². The van der Waals surface area contributed by atoms with Gasteiger partial charge in [-0.15, -0.1) is 0 Å². The highest BCUT2D eigenvalue weighted by molar-refractivity contribution is 5.95. The molecule has 0 aromatic heterocycles. The number of allylic oxidation sites excluding steroid dienone is 1. The van der Waals surface area contributed by atoms with Crippen molar-refractivity contribution >= 4 is 17.7 Å². The number of carbonyl (C=O) groups is 2. The van der Waals surface area contributed by atoms with Gasteiger partial charge in [0.05, 0.1) is 16.5 Å². The zero-order chi connectivity index (χ0) is 17.9. The number of carbonyl (C=O) groups excluding carboxylic acids is 2. The van der Waals surface area contributed by atoms with Crippen LogP contribution in [0.1, 0.15) is 18.5 Å². The first-order valence-electron chi connectivity index (χ1n) is 6.88. The van der Waals surface area contributed by atoms with Gasteiger partial charge in [-0.25, -0.2) is 9.59 Å². The van der Waals surface area contributed by atoms with E-state index in [1.807, 2.05) is 0 Å². The predicted molar refractivity (Wildman–Crippen MR) is 83.0 cm³/mol. The summed E-state index contributed by atoms with van der Waals surface area (Å²) in [4.78, 5) is 34.2. The Morgan fingerprint density at radius 2 is 2.25 bits per heavy atom. The van der Waals surface area contributed by atoms with E-state index in [2.05, 4.69) is 17.2 Å². The maximum Gasteiger partial charge on any atom is 0.338 e. The van der Waals surface area contributed by atoms with Gasteiger partial charge in [0.2, 0.25) is 0 Å². The van der Waals surface area contributed by atoms with Gasteiger partial charge in [-0.1, -0.05) is 18.7 Å². The van der Waals surface area contributed by atoms with E-state index >= 15 is 0 Å². The highest BCUT2D eigenvalue weighted by Gasteiger charge is 2.33. The monoisotopic (exact) mass is 333 g/mol. The van der Waals surface area contributed by atoms with Crippen LogP contribution in [-0.2, 0) is 9.53 Å². The molecular formula is C15H15N3O6. The molecule has 24 heavy (non-hydrogen) atoms. The molecule has 2 amide bonds. The Bertz CT molecular complexity index is 756. The summed E-state index contributed by atoms with van der Waals surface area (Å²) in [5.41, 5.74) is 0.112. The normalized spacial score (nSPS) is 16.9. The van der Waals surface area contributed by atoms with Gasteiger partial charge < -0.3 is 20.5 Å². The average Bonchev–Trinajstić information content (AvgIpc) is 2.52. The van der Waals surface area contributed by atoms with Crippen molar-refractivity contribution in [2.45, 2.75) is 13.0 Å². The van der Waals surface area contributed by atoms with Gasteiger partial charge in [0.1, 0.15) is 6.61 Å². The quantitative estimate of drug-likeness (QED) is 0.325. The maximum absolute atomic E-state index is 12.2. The predicted octanol–water partition coefficient (Wildman–Crippen LogP) is 1.66. The molecule has 9 heteroatoms. The Hall–Kier alpha value is -3.36. The molecule has 0 saturated carbocycles. The summed E-state index contributed by atoms with van der Waals surface area (Å²) in [5.74, 6) is -1.21. The number of hydrogen-bond acceptors (Lipinski definition) is 6. The number of phenolic OH excluding ortho intramolecular Hbond substituents is 1. The molecule has 0 aliphatic carbocycles. The molecule has 1 atom stereocenters. The molecule has 1 aliphatic heterocycles. The Kier molecular flexibility index (Phi) is 4.83. The Balaban J connectivity index is 2.49. The molecule has 3 N–H and O–H groups in total. The average molecular weight is 333 g/mol. The number of ether oxygens (including phenoxy) is 1. The lowest BCUT2D eigenvalue weighted by Crippen LogP contribution is -2.45. The van der Waals surface area contributed by atoms with Crippen molar-refractivity contribution in [2.24, 2.45) is 0 Å². The number of rotatable bonds is 5. The number of phenols is 1. The van der Waals surface area contributed by atoms with Crippen molar-refractivity contribution in [2.75, 3.05) is 6.61 Å². The molecule has 9 nitrogen and oxygen atoms in total. The van der Waals surface area contributed by atoms with Crippen LogP contribution in [0.2, 0.25) is 0 Å². The van der Waals surface area contributed by atoms with Crippen molar-refractivity contribution in [3.8, 4) is 5.75 Å². The minimum Gasteiger partial charge on any atom is -0.502 e. The standard InChI is InChI=1S/C15H15N3O6/c1-3-6-24-14(20)12-8(2)16-15(21)17-13(12)9-4-5-11(19)10(7-9)18(22)23/h3-5,7,13,19H,1,6H2,2H3,(H2,16,17,21)/t13-/m1/s1. The zero-order valence-corrected chi connectivity index (χ0v) is 12.7. The summed E-state index contributed by atoms with van der Waals surface area (Å²) in [5, 5.41) is 25.5. The lowest BCUT2D eigenvalue weighted by molar-refractivity contribution is -0.385. The summed E-state index contributed by atoms with van der Waals surface area (Å²) in [6, 6.07) is 2.10. The van der Waals surface area contributed by atoms with E-state index in [4.69, 9.17) is 4.74 Å². The molecule has 1 aliphatic rings. The molecule has 1 aromatic carbocycles. The number of nitro benzene ring substituents is 1. The Morgan fingerprint density at radius 1 is 1.54 bits per heavy atom. The van der Waals surface area contributed by atoms with Gasteiger partial charge in [0, 0.05) is 11.8 Å². The SMILES string of the molecule is C=CCOC(=O)C1=C(C)NC(=O)N[C@@H]1c1ccc(O)c([N+](=O)[O-])c1. The van der Waals surface area contributed by atoms with Crippen molar-refractivity contribution in [1.29, 1.82) is 0 Å². The van der Waals surface area contributed by atoms with E-state index in [-0.39, 0.29) is 23.4 Å². The number of nitrogens with zero attached hydrogens (tertiary/aromatic N) is 1. The molecule has 126 valence electrons. The van der Waals surface area contributed by atoms with Crippen molar-refractivity contribution in [1.82, 2.24) is 10.6 Å². The third kappa shape index (κ3) is 3.35. The fourth-order valence-corrected chi connectivity index (χ4v) is 2.29. The molecule has 2 rings (SSSR count). The minimum atomic E-state index is -0.949. The zero-order valence-electron chi connectivity index (χ0n) is 12.7. The number of nitro groups is 1. The third-order valence-electron chi connectivity index (χ3n) is 3.35. The summed E-state index contributed by atoms with van der Waals surface area (Å²) in [6.45, 7) is 4.94. The number of hydrogen-bond donors (Lipinski definition) is 3. The molecule has 1 heterocycles. The summed E-state index contributed by atoms with van der Waals surface area (Å²) < 4.78 is 5.00. The van der Waals surface area contributed by atoms with Crippen LogP contribution in [-0.4, -0.2) is 28.6 Å². The van der Waals surface area contributed by atoms with Crippen LogP contribution >= 0.6 is 0 Å². The fraction of sp³-hybridized carbons (Fsp3) is 0.200. The first kappa shape index (κ1) is 17.0. The molecular weight excluding hydrogens is 318 g/mol. The van der Waals surface area contributed by atoms with Gasteiger partial charge in [-0.3, -0.25) is 10.1 Å². The summed E-state index contributed by atoms with van der Waals surface area (Å²) in [7, 11) is 0. The van der Waals surface area contributed by atoms with E-state index in [0.717, 1.165) is 12.1 Å². The van der Waals surface area contributed by atoms with Crippen LogP contribution in [0.3, 0.4) is 0 Å². The molecule has 1 aromatic rings. The van der Waals surface area contributed by atoms with Crippen LogP contribution in [0.5, 0.6) is 5.75 Å². The summed E-state index contributed by atoms with van der Waals surface area (Å²) >= 11 is 0. The van der Waals surface area contributed by atoms with Crippen molar-refractivity contribution in [3.63, 3.8) is 0 Å². The molecule has 0 unspecified atom stereocenters. The van der Waals surface area contributed by atoms with Crippen LogP contribution in [0, 0.1) is 10.1 Å². The molecule has 0 bridgehead atoms. The second-order valence-corrected chi connectivity index (χ2v) is 4.96. The third-order valence-corrected chi connectivity index (χ3v) is 3.35. The highest BCUT2D eigenvalue weighted by atomic mass is 16.6. The van der Waals surface area contributed by atoms with Crippen LogP contribution < -0.4 is 10.6 Å². The maximum atomic E-state index is 12.2. The van der Waals surface area contributed by atoms with Gasteiger partial charge in [0.15, 0.2) is 5.75 Å². The lowest BCUT2D eigenvalue weighted by Gasteiger charge is -2.28. The van der Waals surface area contributed by atoms with Gasteiger partial charge in [-0.05, 0) is 18.6 Å². The van der Waals surface area contributed by atoms with E-state index < -0.39 is 34.4 Å². The lowest BCUT2D eigenvalue weighted by atomic mass is 9.95. The van der Waals surface area contributed by atoms with E-state index in [1.165, 1.54) is 19.1 Å². The van der Waals surface area contributed by atoms with E-state index in [9.17, 15) is 24.8 Å². The second-order valence-electron chi connectivity index (χ2n) is 4.96. The first-order chi connectivity index (χ1) is 11.3. The van der Waals surface area contributed by atoms with E-state index in [1.54, 1.807) is 0 Å². The van der Waals surface area contributed by atoms with Crippen molar-refractivity contribution in [3.05, 3.63) is 57.8 Å². The smallest absolute Gasteiger partial charge is 0.338 e. The molecule has 0 saturated heterocycles. The largest absolute Gasteiger partial charge is 0.502 e. The minimum absolute atomic E-state index is 0.0218. The molecule has 0 radical (unpaired) electrons. The van der Waals surface area contributed by atoms with Crippen molar-refractivity contribution < 1.29 is 24.4 Å². The van der Waals surface area contributed by atoms with Gasteiger partial charge >= 0.3 is 17.7 Å². The Morgan fingerprint density at radius 3 is 2.88 bits per heavy atom. The number of aromatic hydroxyl groups is 1. The fourth-order valence-electron chi connectivity index (χ4n) is 2.29. The molecule has 0 fully saturated rings. The van der Waals surface area contributed by atoms with Crippen LogP contribution in [0.25, 0.3) is 0 Å². The number of benzene rings is 1.